The summed E-state index contributed by atoms with van der Waals surface area (Å²) in [6.07, 6.45) is 5.26. The number of ketones is 1. The molecule has 0 N–H and O–H groups in total. The molecule has 172 valence electrons. The van der Waals surface area contributed by atoms with Gasteiger partial charge in [-0.1, -0.05) is 48.0 Å². The standard InChI is InChI=1S/C27H25ClN4O2/c1-16-29-30-27-18(13-26(34)32-20-10-11-21(32)15-22(33)14-20)12-24(17-6-8-19(28)9-7-17)23-4-2-3-5-25(23)31(16)27/h2-9,12,18,20-21H,10-11,13-15H2,1H3/t18-,20?,21?/m1/s1. The molecule has 7 heteroatoms. The third-order valence-electron chi connectivity index (χ3n) is 7.37. The van der Waals surface area contributed by atoms with E-state index in [1.165, 1.54) is 0 Å². The van der Waals surface area contributed by atoms with Gasteiger partial charge in [-0.25, -0.2) is 0 Å². The largest absolute Gasteiger partial charge is 0.336 e. The summed E-state index contributed by atoms with van der Waals surface area (Å²) in [6, 6.07) is 16.1. The van der Waals surface area contributed by atoms with Gasteiger partial charge in [0.05, 0.1) is 5.69 Å². The third-order valence-corrected chi connectivity index (χ3v) is 7.62. The topological polar surface area (TPSA) is 68.1 Å². The zero-order valence-electron chi connectivity index (χ0n) is 18.9. The Labute approximate surface area is 203 Å². The zero-order chi connectivity index (χ0) is 23.4. The fraction of sp³-hybridized carbons (Fsp3) is 0.333. The molecule has 6 rings (SSSR count). The number of aryl methyl sites for hydroxylation is 1. The number of nitrogens with zero attached hydrogens (tertiary/aromatic N) is 4. The second-order valence-electron chi connectivity index (χ2n) is 9.49. The van der Waals surface area contributed by atoms with Crippen molar-refractivity contribution in [2.24, 2.45) is 0 Å². The molecule has 2 bridgehead atoms. The monoisotopic (exact) mass is 472 g/mol. The second kappa shape index (κ2) is 8.20. The maximum Gasteiger partial charge on any atom is 0.224 e. The molecule has 34 heavy (non-hydrogen) atoms. The summed E-state index contributed by atoms with van der Waals surface area (Å²) < 4.78 is 2.07. The number of amides is 1. The first-order chi connectivity index (χ1) is 16.5. The minimum absolute atomic E-state index is 0.0426. The molecule has 1 amide bonds. The first-order valence-electron chi connectivity index (χ1n) is 11.8. The summed E-state index contributed by atoms with van der Waals surface area (Å²) in [5.74, 6) is 1.68. The van der Waals surface area contributed by atoms with E-state index in [0.717, 1.165) is 46.9 Å². The lowest BCUT2D eigenvalue weighted by molar-refractivity contribution is -0.138. The first kappa shape index (κ1) is 21.3. The molecule has 2 fully saturated rings. The van der Waals surface area contributed by atoms with Crippen molar-refractivity contribution in [3.05, 3.63) is 82.4 Å². The van der Waals surface area contributed by atoms with E-state index in [0.29, 0.717) is 24.3 Å². The lowest BCUT2D eigenvalue weighted by Crippen LogP contribution is -2.47. The number of halogens is 1. The number of carbonyl (C=O) groups is 2. The Morgan fingerprint density at radius 1 is 1.03 bits per heavy atom. The van der Waals surface area contributed by atoms with Gasteiger partial charge in [-0.2, -0.15) is 0 Å². The lowest BCUT2D eigenvalue weighted by Gasteiger charge is -2.34. The molecule has 6 nitrogen and oxygen atoms in total. The average Bonchev–Trinajstić information content (AvgIpc) is 3.29. The molecule has 2 aromatic carbocycles. The van der Waals surface area contributed by atoms with Crippen molar-refractivity contribution in [1.29, 1.82) is 0 Å². The molecule has 0 saturated carbocycles. The Morgan fingerprint density at radius 2 is 1.74 bits per heavy atom. The van der Waals surface area contributed by atoms with Crippen LogP contribution in [0.3, 0.4) is 0 Å². The number of hydrogen-bond acceptors (Lipinski definition) is 4. The number of rotatable bonds is 3. The van der Waals surface area contributed by atoms with Gasteiger partial charge in [-0.3, -0.25) is 14.2 Å². The van der Waals surface area contributed by atoms with Crippen molar-refractivity contribution in [3.63, 3.8) is 0 Å². The van der Waals surface area contributed by atoms with Crippen molar-refractivity contribution < 1.29 is 9.59 Å². The summed E-state index contributed by atoms with van der Waals surface area (Å²) in [5, 5.41) is 9.57. The van der Waals surface area contributed by atoms with E-state index in [4.69, 9.17) is 11.6 Å². The van der Waals surface area contributed by atoms with Gasteiger partial charge in [-0.15, -0.1) is 10.2 Å². The molecule has 2 unspecified atom stereocenters. The van der Waals surface area contributed by atoms with Gasteiger partial charge in [0.15, 0.2) is 0 Å². The van der Waals surface area contributed by atoms with E-state index in [2.05, 4.69) is 33.0 Å². The molecule has 3 aliphatic heterocycles. The van der Waals surface area contributed by atoms with Crippen LogP contribution in [0.2, 0.25) is 5.02 Å². The molecule has 3 aliphatic rings. The zero-order valence-corrected chi connectivity index (χ0v) is 19.7. The molecule has 3 aromatic rings. The van der Waals surface area contributed by atoms with Gasteiger partial charge in [0.25, 0.3) is 0 Å². The number of Topliss-reactive ketones (excluding diaryl/α,β-unsaturated/α-hetero) is 1. The number of benzene rings is 2. The predicted molar refractivity (Wildman–Crippen MR) is 130 cm³/mol. The molecule has 0 radical (unpaired) electrons. The van der Waals surface area contributed by atoms with Crippen LogP contribution in [0.1, 0.15) is 60.8 Å². The van der Waals surface area contributed by atoms with Crippen LogP contribution in [0.5, 0.6) is 0 Å². The number of hydrogen-bond donors (Lipinski definition) is 0. The number of allylic oxidation sites excluding steroid dienone is 1. The maximum absolute atomic E-state index is 13.6. The number of fused-ring (bicyclic) bond motifs is 5. The summed E-state index contributed by atoms with van der Waals surface area (Å²) in [5.41, 5.74) is 4.15. The summed E-state index contributed by atoms with van der Waals surface area (Å²) >= 11 is 6.17. The summed E-state index contributed by atoms with van der Waals surface area (Å²) in [4.78, 5) is 27.7. The maximum atomic E-state index is 13.6. The summed E-state index contributed by atoms with van der Waals surface area (Å²) in [7, 11) is 0. The van der Waals surface area contributed by atoms with Crippen molar-refractivity contribution in [2.45, 2.75) is 57.0 Å². The number of aromatic nitrogens is 3. The highest BCUT2D eigenvalue weighted by Gasteiger charge is 2.43. The minimum Gasteiger partial charge on any atom is -0.336 e. The van der Waals surface area contributed by atoms with Crippen LogP contribution in [0.15, 0.2) is 54.6 Å². The SMILES string of the molecule is Cc1nnc2n1-c1ccccc1C(c1ccc(Cl)cc1)=C[C@@H]2CC(=O)N1C2CCC1CC(=O)C2. The highest BCUT2D eigenvalue weighted by atomic mass is 35.5. The van der Waals surface area contributed by atoms with Crippen molar-refractivity contribution in [2.75, 3.05) is 0 Å². The summed E-state index contributed by atoms with van der Waals surface area (Å²) in [6.45, 7) is 1.94. The van der Waals surface area contributed by atoms with Crippen LogP contribution < -0.4 is 0 Å². The molecule has 0 spiro atoms. The van der Waals surface area contributed by atoms with Gasteiger partial charge < -0.3 is 4.90 Å². The Morgan fingerprint density at radius 3 is 2.47 bits per heavy atom. The van der Waals surface area contributed by atoms with Crippen LogP contribution in [0, 0.1) is 6.92 Å². The van der Waals surface area contributed by atoms with Gasteiger partial charge in [0, 0.05) is 47.9 Å². The number of para-hydroxylation sites is 1. The smallest absolute Gasteiger partial charge is 0.224 e. The minimum atomic E-state index is -0.246. The van der Waals surface area contributed by atoms with Crippen LogP contribution in [0.25, 0.3) is 11.3 Å². The predicted octanol–water partition coefficient (Wildman–Crippen LogP) is 4.87. The van der Waals surface area contributed by atoms with Gasteiger partial charge in [0.1, 0.15) is 17.4 Å². The van der Waals surface area contributed by atoms with E-state index < -0.39 is 0 Å². The fourth-order valence-corrected chi connectivity index (χ4v) is 6.01. The van der Waals surface area contributed by atoms with E-state index in [1.807, 2.05) is 48.2 Å². The Hall–Kier alpha value is -3.25. The van der Waals surface area contributed by atoms with E-state index >= 15 is 0 Å². The van der Waals surface area contributed by atoms with E-state index in [9.17, 15) is 9.59 Å². The Balaban J connectivity index is 1.44. The molecular formula is C27H25ClN4O2. The third kappa shape index (κ3) is 3.48. The van der Waals surface area contributed by atoms with Gasteiger partial charge in [0.2, 0.25) is 5.91 Å². The highest BCUT2D eigenvalue weighted by Crippen LogP contribution is 2.40. The average molecular weight is 473 g/mol. The van der Waals surface area contributed by atoms with Crippen LogP contribution in [-0.2, 0) is 9.59 Å². The molecule has 3 atom stereocenters. The van der Waals surface area contributed by atoms with Gasteiger partial charge >= 0.3 is 0 Å². The van der Waals surface area contributed by atoms with E-state index in [1.54, 1.807) is 0 Å². The Bertz CT molecular complexity index is 1310. The fourth-order valence-electron chi connectivity index (χ4n) is 5.88. The van der Waals surface area contributed by atoms with Crippen LogP contribution >= 0.6 is 11.6 Å². The van der Waals surface area contributed by atoms with Crippen LogP contribution in [-0.4, -0.2) is 43.4 Å². The highest BCUT2D eigenvalue weighted by molar-refractivity contribution is 6.30. The van der Waals surface area contributed by atoms with Crippen molar-refractivity contribution in [1.82, 2.24) is 19.7 Å². The van der Waals surface area contributed by atoms with Gasteiger partial charge in [-0.05, 0) is 49.1 Å². The first-order valence-corrected chi connectivity index (χ1v) is 12.2. The molecule has 0 aliphatic carbocycles. The Kier molecular flexibility index (Phi) is 5.14. The molecule has 2 saturated heterocycles. The molecular weight excluding hydrogens is 448 g/mol. The second-order valence-corrected chi connectivity index (χ2v) is 9.93. The quantitative estimate of drug-likeness (QED) is 0.545. The number of carbonyl (C=O) groups excluding carboxylic acids is 2. The lowest BCUT2D eigenvalue weighted by atomic mass is 9.92. The van der Waals surface area contributed by atoms with Crippen molar-refractivity contribution >= 4 is 28.9 Å². The normalized spacial score (nSPS) is 23.2. The molecule has 4 heterocycles. The number of piperidine rings is 1. The van der Waals surface area contributed by atoms with Crippen molar-refractivity contribution in [3.8, 4) is 5.69 Å². The molecule has 1 aromatic heterocycles. The van der Waals surface area contributed by atoms with E-state index in [-0.39, 0.29) is 29.7 Å². The van der Waals surface area contributed by atoms with Crippen LogP contribution in [0.4, 0.5) is 0 Å².